The zero-order chi connectivity index (χ0) is 13.8. The number of nitrogen functional groups attached to an aromatic ring is 1. The molecule has 1 aliphatic rings. The molecule has 1 atom stereocenters. The number of amides is 1. The molecule has 2 heterocycles. The minimum absolute atomic E-state index is 0.00755. The highest BCUT2D eigenvalue weighted by Gasteiger charge is 2.27. The molecule has 2 rings (SSSR count). The number of nitrogens with zero attached hydrogens (tertiary/aromatic N) is 2. The summed E-state index contributed by atoms with van der Waals surface area (Å²) in [5.41, 5.74) is 3.97. The lowest BCUT2D eigenvalue weighted by atomic mass is 10.1. The van der Waals surface area contributed by atoms with Crippen LogP contribution in [0.5, 0.6) is 0 Å². The summed E-state index contributed by atoms with van der Waals surface area (Å²) < 4.78 is 5.28. The Morgan fingerprint density at radius 1 is 1.63 bits per heavy atom. The van der Waals surface area contributed by atoms with Crippen LogP contribution < -0.4 is 11.3 Å². The van der Waals surface area contributed by atoms with Crippen LogP contribution in [0.15, 0.2) is 12.1 Å². The summed E-state index contributed by atoms with van der Waals surface area (Å²) in [4.78, 5) is 18.5. The van der Waals surface area contributed by atoms with Crippen molar-refractivity contribution in [1.82, 2.24) is 9.88 Å². The van der Waals surface area contributed by atoms with Crippen LogP contribution in [0, 0.1) is 0 Å². The fourth-order valence-electron chi connectivity index (χ4n) is 2.25. The van der Waals surface area contributed by atoms with Gasteiger partial charge >= 0.3 is 0 Å². The van der Waals surface area contributed by atoms with E-state index in [1.807, 2.05) is 17.9 Å². The van der Waals surface area contributed by atoms with Crippen molar-refractivity contribution in [2.24, 2.45) is 5.84 Å². The maximum absolute atomic E-state index is 12.4. The van der Waals surface area contributed by atoms with E-state index in [-0.39, 0.29) is 12.0 Å². The molecule has 6 heteroatoms. The minimum atomic E-state index is 0.00755. The number of hydrogen-bond donors (Lipinski definition) is 2. The van der Waals surface area contributed by atoms with Gasteiger partial charge in [-0.3, -0.25) is 4.79 Å². The molecule has 1 saturated heterocycles. The minimum Gasteiger partial charge on any atom is -0.380 e. The summed E-state index contributed by atoms with van der Waals surface area (Å²) in [6, 6.07) is 3.50. The lowest BCUT2D eigenvalue weighted by Gasteiger charge is -2.17. The monoisotopic (exact) mass is 264 g/mol. The molecule has 0 saturated carbocycles. The molecule has 1 aliphatic heterocycles. The first kappa shape index (κ1) is 13.8. The van der Waals surface area contributed by atoms with Crippen LogP contribution in [-0.4, -0.2) is 42.1 Å². The van der Waals surface area contributed by atoms with Gasteiger partial charge in [-0.15, -0.1) is 0 Å². The van der Waals surface area contributed by atoms with Gasteiger partial charge in [0.1, 0.15) is 5.82 Å². The molecular weight excluding hydrogens is 244 g/mol. The number of anilines is 1. The van der Waals surface area contributed by atoms with Crippen molar-refractivity contribution in [1.29, 1.82) is 0 Å². The summed E-state index contributed by atoms with van der Waals surface area (Å²) in [6.45, 7) is 3.37. The fraction of sp³-hybridized carbons (Fsp3) is 0.538. The van der Waals surface area contributed by atoms with E-state index in [1.54, 1.807) is 13.2 Å². The Balaban J connectivity index is 2.19. The predicted molar refractivity (Wildman–Crippen MR) is 72.7 cm³/mol. The van der Waals surface area contributed by atoms with Crippen LogP contribution in [0.1, 0.15) is 29.4 Å². The van der Waals surface area contributed by atoms with Crippen molar-refractivity contribution in [3.63, 3.8) is 0 Å². The topological polar surface area (TPSA) is 80.5 Å². The average molecular weight is 264 g/mol. The average Bonchev–Trinajstić information content (AvgIpc) is 2.94. The first-order chi connectivity index (χ1) is 9.17. The second kappa shape index (κ2) is 5.99. The highest BCUT2D eigenvalue weighted by molar-refractivity contribution is 5.95. The highest BCUT2D eigenvalue weighted by Crippen LogP contribution is 2.18. The molecular formula is C13H20N4O2. The van der Waals surface area contributed by atoms with Gasteiger partial charge in [0.05, 0.1) is 6.10 Å². The Hall–Kier alpha value is -1.66. The Labute approximate surface area is 112 Å². The first-order valence-electron chi connectivity index (χ1n) is 6.47. The lowest BCUT2D eigenvalue weighted by Crippen LogP contribution is -2.30. The van der Waals surface area contributed by atoms with E-state index in [0.717, 1.165) is 25.1 Å². The molecule has 0 radical (unpaired) electrons. The normalized spacial score (nSPS) is 18.7. The van der Waals surface area contributed by atoms with Crippen molar-refractivity contribution in [3.05, 3.63) is 23.4 Å². The fourth-order valence-corrected chi connectivity index (χ4v) is 2.25. The number of rotatable bonds is 4. The molecule has 0 spiro atoms. The summed E-state index contributed by atoms with van der Waals surface area (Å²) in [5.74, 6) is 5.91. The van der Waals surface area contributed by atoms with Crippen LogP contribution in [0.25, 0.3) is 0 Å². The summed E-state index contributed by atoms with van der Waals surface area (Å²) in [5, 5.41) is 0. The van der Waals surface area contributed by atoms with Gasteiger partial charge in [0, 0.05) is 31.5 Å². The van der Waals surface area contributed by atoms with Crippen molar-refractivity contribution in [3.8, 4) is 0 Å². The number of nitrogens with two attached hydrogens (primary N) is 1. The Kier molecular flexibility index (Phi) is 4.34. The van der Waals surface area contributed by atoms with E-state index in [0.29, 0.717) is 17.9 Å². The third-order valence-electron chi connectivity index (χ3n) is 3.40. The lowest BCUT2D eigenvalue weighted by molar-refractivity contribution is 0.0724. The van der Waals surface area contributed by atoms with Gasteiger partial charge in [-0.2, -0.15) is 0 Å². The van der Waals surface area contributed by atoms with Gasteiger partial charge in [0.25, 0.3) is 5.91 Å². The van der Waals surface area contributed by atoms with Gasteiger partial charge in [0.15, 0.2) is 0 Å². The molecule has 6 nitrogen and oxygen atoms in total. The number of likely N-dealkylation sites (tertiary alicyclic amines) is 1. The van der Waals surface area contributed by atoms with Gasteiger partial charge in [-0.25, -0.2) is 10.8 Å². The van der Waals surface area contributed by atoms with Crippen molar-refractivity contribution in [2.75, 3.05) is 25.6 Å². The Bertz CT molecular complexity index is 442. The van der Waals surface area contributed by atoms with E-state index >= 15 is 0 Å². The quantitative estimate of drug-likeness (QED) is 0.621. The van der Waals surface area contributed by atoms with E-state index in [9.17, 15) is 4.79 Å². The summed E-state index contributed by atoms with van der Waals surface area (Å²) >= 11 is 0. The zero-order valence-electron chi connectivity index (χ0n) is 11.3. The number of pyridine rings is 1. The molecule has 1 amide bonds. The molecule has 0 aromatic carbocycles. The number of nitrogens with one attached hydrogen (secondary N) is 1. The number of methoxy groups -OCH3 is 1. The second-order valence-corrected chi connectivity index (χ2v) is 4.63. The molecule has 1 aromatic heterocycles. The molecule has 104 valence electrons. The summed E-state index contributed by atoms with van der Waals surface area (Å²) in [7, 11) is 1.68. The van der Waals surface area contributed by atoms with Crippen LogP contribution in [0.3, 0.4) is 0 Å². The third kappa shape index (κ3) is 3.02. The number of carbonyl (C=O) groups is 1. The molecule has 19 heavy (non-hydrogen) atoms. The van der Waals surface area contributed by atoms with Crippen molar-refractivity contribution < 1.29 is 9.53 Å². The van der Waals surface area contributed by atoms with E-state index < -0.39 is 0 Å². The third-order valence-corrected chi connectivity index (χ3v) is 3.40. The molecule has 1 fully saturated rings. The van der Waals surface area contributed by atoms with Gasteiger partial charge in [-0.05, 0) is 25.0 Å². The number of carbonyl (C=O) groups excluding carboxylic acids is 1. The molecule has 0 bridgehead atoms. The highest BCUT2D eigenvalue weighted by atomic mass is 16.5. The number of aryl methyl sites for hydroxylation is 1. The Morgan fingerprint density at radius 2 is 2.42 bits per heavy atom. The van der Waals surface area contributed by atoms with E-state index in [4.69, 9.17) is 10.6 Å². The van der Waals surface area contributed by atoms with E-state index in [2.05, 4.69) is 10.4 Å². The number of hydrogen-bond acceptors (Lipinski definition) is 5. The van der Waals surface area contributed by atoms with Gasteiger partial charge < -0.3 is 15.1 Å². The first-order valence-corrected chi connectivity index (χ1v) is 6.47. The van der Waals surface area contributed by atoms with Crippen LogP contribution in [-0.2, 0) is 11.2 Å². The maximum Gasteiger partial charge on any atom is 0.254 e. The standard InChI is InChI=1S/C13H20N4O2/c1-3-10-6-9(7-12(15-10)16-14)13(18)17-5-4-11(8-17)19-2/h6-7,11H,3-5,8,14H2,1-2H3,(H,15,16). The number of hydrazine groups is 1. The largest absolute Gasteiger partial charge is 0.380 e. The molecule has 3 N–H and O–H groups in total. The van der Waals surface area contributed by atoms with Gasteiger partial charge in [-0.1, -0.05) is 6.92 Å². The number of ether oxygens (including phenoxy) is 1. The molecule has 1 unspecified atom stereocenters. The molecule has 1 aromatic rings. The van der Waals surface area contributed by atoms with Gasteiger partial charge in [0.2, 0.25) is 0 Å². The van der Waals surface area contributed by atoms with Crippen molar-refractivity contribution in [2.45, 2.75) is 25.9 Å². The van der Waals surface area contributed by atoms with Crippen LogP contribution in [0.2, 0.25) is 0 Å². The predicted octanol–water partition coefficient (Wildman–Crippen LogP) is 0.790. The number of aromatic nitrogens is 1. The molecule has 0 aliphatic carbocycles. The Morgan fingerprint density at radius 3 is 3.00 bits per heavy atom. The summed E-state index contributed by atoms with van der Waals surface area (Å²) in [6.07, 6.45) is 1.79. The maximum atomic E-state index is 12.4. The smallest absolute Gasteiger partial charge is 0.254 e. The van der Waals surface area contributed by atoms with E-state index in [1.165, 1.54) is 0 Å². The zero-order valence-corrected chi connectivity index (χ0v) is 11.3. The van der Waals surface area contributed by atoms with Crippen LogP contribution >= 0.6 is 0 Å². The SMILES string of the molecule is CCc1cc(C(=O)N2CCC(OC)C2)cc(NN)n1. The van der Waals surface area contributed by atoms with Crippen LogP contribution in [0.4, 0.5) is 5.82 Å². The second-order valence-electron chi connectivity index (χ2n) is 4.63. The van der Waals surface area contributed by atoms with Crippen molar-refractivity contribution >= 4 is 11.7 Å².